The molecule has 2 aromatic heterocycles. The standard InChI is InChI=1S/C17H18N6O2/c1-25-16-13-10-12(2-3-14(13)18-11-19-16)22-6-8-23(9-7-22)17(24)15-4-5-20-21-15/h2-5,10-11H,6-9H2,1H3,(H,20,21). The molecule has 0 atom stereocenters. The number of amides is 1. The second-order valence-electron chi connectivity index (χ2n) is 5.83. The molecule has 3 aromatic rings. The van der Waals surface area contributed by atoms with Crippen LogP contribution in [-0.4, -0.2) is 64.3 Å². The zero-order valence-corrected chi connectivity index (χ0v) is 13.8. The van der Waals surface area contributed by atoms with E-state index in [1.54, 1.807) is 19.4 Å². The number of carbonyl (C=O) groups excluding carboxylic acids is 1. The van der Waals surface area contributed by atoms with E-state index in [9.17, 15) is 4.79 Å². The molecule has 1 N–H and O–H groups in total. The number of hydrogen-bond acceptors (Lipinski definition) is 6. The van der Waals surface area contributed by atoms with Crippen molar-refractivity contribution in [1.82, 2.24) is 25.1 Å². The normalized spacial score (nSPS) is 14.8. The van der Waals surface area contributed by atoms with Crippen molar-refractivity contribution in [2.24, 2.45) is 0 Å². The van der Waals surface area contributed by atoms with Crippen LogP contribution in [-0.2, 0) is 0 Å². The summed E-state index contributed by atoms with van der Waals surface area (Å²) in [6.45, 7) is 2.86. The predicted molar refractivity (Wildman–Crippen MR) is 92.8 cm³/mol. The highest BCUT2D eigenvalue weighted by Gasteiger charge is 2.23. The maximum absolute atomic E-state index is 12.4. The Bertz CT molecular complexity index is 887. The Hall–Kier alpha value is -3.16. The first-order valence-electron chi connectivity index (χ1n) is 8.08. The van der Waals surface area contributed by atoms with E-state index < -0.39 is 0 Å². The summed E-state index contributed by atoms with van der Waals surface area (Å²) >= 11 is 0. The number of H-pyrrole nitrogens is 1. The minimum atomic E-state index is -0.00858. The van der Waals surface area contributed by atoms with Crippen molar-refractivity contribution < 1.29 is 9.53 Å². The van der Waals surface area contributed by atoms with Crippen LogP contribution in [0.25, 0.3) is 10.9 Å². The average Bonchev–Trinajstić information content (AvgIpc) is 3.21. The third-order valence-electron chi connectivity index (χ3n) is 4.44. The van der Waals surface area contributed by atoms with Gasteiger partial charge in [-0.25, -0.2) is 9.97 Å². The van der Waals surface area contributed by atoms with Crippen LogP contribution < -0.4 is 9.64 Å². The molecule has 0 bridgehead atoms. The van der Waals surface area contributed by atoms with Gasteiger partial charge in [-0.05, 0) is 24.3 Å². The molecule has 8 nitrogen and oxygen atoms in total. The van der Waals surface area contributed by atoms with E-state index >= 15 is 0 Å². The molecule has 128 valence electrons. The molecule has 0 aliphatic carbocycles. The quantitative estimate of drug-likeness (QED) is 0.775. The van der Waals surface area contributed by atoms with Gasteiger partial charge in [-0.15, -0.1) is 0 Å². The summed E-state index contributed by atoms with van der Waals surface area (Å²) in [7, 11) is 1.61. The summed E-state index contributed by atoms with van der Waals surface area (Å²) in [6.07, 6.45) is 3.09. The van der Waals surface area contributed by atoms with Crippen LogP contribution in [0.4, 0.5) is 5.69 Å². The number of aromatic nitrogens is 4. The fraction of sp³-hybridized carbons (Fsp3) is 0.294. The Morgan fingerprint density at radius 3 is 2.72 bits per heavy atom. The van der Waals surface area contributed by atoms with Crippen molar-refractivity contribution in [2.45, 2.75) is 0 Å². The highest BCUT2D eigenvalue weighted by atomic mass is 16.5. The van der Waals surface area contributed by atoms with E-state index in [2.05, 4.69) is 25.1 Å². The van der Waals surface area contributed by atoms with Gasteiger partial charge in [0.05, 0.1) is 18.0 Å². The Labute approximate surface area is 144 Å². The van der Waals surface area contributed by atoms with Crippen molar-refractivity contribution >= 4 is 22.5 Å². The number of fused-ring (bicyclic) bond motifs is 1. The van der Waals surface area contributed by atoms with Crippen molar-refractivity contribution in [3.05, 3.63) is 42.5 Å². The first-order valence-corrected chi connectivity index (χ1v) is 8.08. The average molecular weight is 338 g/mol. The Kier molecular flexibility index (Phi) is 3.93. The lowest BCUT2D eigenvalue weighted by molar-refractivity contribution is 0.0741. The smallest absolute Gasteiger partial charge is 0.271 e. The van der Waals surface area contributed by atoms with Crippen LogP contribution in [0.1, 0.15) is 10.5 Å². The second-order valence-corrected chi connectivity index (χ2v) is 5.83. The van der Waals surface area contributed by atoms with Crippen molar-refractivity contribution in [1.29, 1.82) is 0 Å². The van der Waals surface area contributed by atoms with Crippen LogP contribution in [0.15, 0.2) is 36.8 Å². The first-order chi connectivity index (χ1) is 12.3. The Balaban J connectivity index is 1.51. The van der Waals surface area contributed by atoms with Crippen molar-refractivity contribution in [3.8, 4) is 5.88 Å². The van der Waals surface area contributed by atoms with Gasteiger partial charge in [0.1, 0.15) is 12.0 Å². The molecule has 1 fully saturated rings. The van der Waals surface area contributed by atoms with Crippen LogP contribution in [0.2, 0.25) is 0 Å². The summed E-state index contributed by atoms with van der Waals surface area (Å²) in [5, 5.41) is 7.45. The molecule has 1 aromatic carbocycles. The maximum atomic E-state index is 12.4. The van der Waals surface area contributed by atoms with E-state index in [-0.39, 0.29) is 5.91 Å². The molecule has 25 heavy (non-hydrogen) atoms. The van der Waals surface area contributed by atoms with Crippen molar-refractivity contribution in [2.75, 3.05) is 38.2 Å². The minimum absolute atomic E-state index is 0.00858. The van der Waals surface area contributed by atoms with E-state index in [1.165, 1.54) is 6.33 Å². The van der Waals surface area contributed by atoms with E-state index in [4.69, 9.17) is 4.74 Å². The van der Waals surface area contributed by atoms with Gasteiger partial charge in [0.25, 0.3) is 5.91 Å². The summed E-state index contributed by atoms with van der Waals surface area (Å²) in [4.78, 5) is 24.9. The number of nitrogens with one attached hydrogen (secondary N) is 1. The fourth-order valence-corrected chi connectivity index (χ4v) is 3.09. The molecule has 8 heteroatoms. The number of benzene rings is 1. The van der Waals surface area contributed by atoms with Gasteiger partial charge in [0, 0.05) is 38.1 Å². The number of carbonyl (C=O) groups is 1. The van der Waals surface area contributed by atoms with Gasteiger partial charge >= 0.3 is 0 Å². The lowest BCUT2D eigenvalue weighted by Gasteiger charge is -2.36. The molecule has 1 saturated heterocycles. The first kappa shape index (κ1) is 15.4. The number of aromatic amines is 1. The molecule has 3 heterocycles. The topological polar surface area (TPSA) is 87.2 Å². The molecule has 1 aliphatic rings. The van der Waals surface area contributed by atoms with Crippen LogP contribution >= 0.6 is 0 Å². The number of hydrogen-bond donors (Lipinski definition) is 1. The van der Waals surface area contributed by atoms with Gasteiger partial charge in [-0.3, -0.25) is 9.89 Å². The summed E-state index contributed by atoms with van der Waals surface area (Å²) in [5.41, 5.74) is 2.46. The lowest BCUT2D eigenvalue weighted by atomic mass is 10.2. The molecule has 0 radical (unpaired) electrons. The van der Waals surface area contributed by atoms with Gasteiger partial charge in [-0.2, -0.15) is 5.10 Å². The van der Waals surface area contributed by atoms with Gasteiger partial charge in [0.15, 0.2) is 0 Å². The van der Waals surface area contributed by atoms with Crippen LogP contribution in [0, 0.1) is 0 Å². The molecular formula is C17H18N6O2. The number of methoxy groups -OCH3 is 1. The van der Waals surface area contributed by atoms with Crippen LogP contribution in [0.5, 0.6) is 5.88 Å². The highest BCUT2D eigenvalue weighted by Crippen LogP contribution is 2.27. The number of rotatable bonds is 3. The Morgan fingerprint density at radius 2 is 2.00 bits per heavy atom. The SMILES string of the molecule is COc1ncnc2ccc(N3CCN(C(=O)c4ccn[nH]4)CC3)cc12. The second kappa shape index (κ2) is 6.39. The summed E-state index contributed by atoms with van der Waals surface area (Å²) in [5.74, 6) is 0.561. The predicted octanol–water partition coefficient (Wildman–Crippen LogP) is 1.32. The summed E-state index contributed by atoms with van der Waals surface area (Å²) < 4.78 is 5.33. The number of nitrogens with zero attached hydrogens (tertiary/aromatic N) is 5. The maximum Gasteiger partial charge on any atom is 0.271 e. The molecule has 0 unspecified atom stereocenters. The molecule has 0 saturated carbocycles. The highest BCUT2D eigenvalue weighted by molar-refractivity contribution is 5.92. The van der Waals surface area contributed by atoms with E-state index in [0.717, 1.165) is 29.7 Å². The largest absolute Gasteiger partial charge is 0.480 e. The van der Waals surface area contributed by atoms with Crippen LogP contribution in [0.3, 0.4) is 0 Å². The zero-order chi connectivity index (χ0) is 17.2. The molecule has 1 aliphatic heterocycles. The van der Waals surface area contributed by atoms with Crippen molar-refractivity contribution in [3.63, 3.8) is 0 Å². The zero-order valence-electron chi connectivity index (χ0n) is 13.8. The fourth-order valence-electron chi connectivity index (χ4n) is 3.09. The molecule has 4 rings (SSSR count). The third-order valence-corrected chi connectivity index (χ3v) is 4.44. The molecular weight excluding hydrogens is 320 g/mol. The van der Waals surface area contributed by atoms with Gasteiger partial charge < -0.3 is 14.5 Å². The molecule has 1 amide bonds. The number of ether oxygens (including phenoxy) is 1. The third kappa shape index (κ3) is 2.86. The minimum Gasteiger partial charge on any atom is -0.480 e. The van der Waals surface area contributed by atoms with Gasteiger partial charge in [0.2, 0.25) is 5.88 Å². The number of anilines is 1. The Morgan fingerprint density at radius 1 is 1.16 bits per heavy atom. The molecule has 0 spiro atoms. The van der Waals surface area contributed by atoms with E-state index in [1.807, 2.05) is 23.1 Å². The summed E-state index contributed by atoms with van der Waals surface area (Å²) in [6, 6.07) is 7.75. The lowest BCUT2D eigenvalue weighted by Crippen LogP contribution is -2.48. The number of piperazine rings is 1. The van der Waals surface area contributed by atoms with E-state index in [0.29, 0.717) is 24.7 Å². The monoisotopic (exact) mass is 338 g/mol. The van der Waals surface area contributed by atoms with Gasteiger partial charge in [-0.1, -0.05) is 0 Å².